The van der Waals surface area contributed by atoms with Gasteiger partial charge in [-0.05, 0) is 18.1 Å². The van der Waals surface area contributed by atoms with E-state index in [1.54, 1.807) is 18.7 Å². The second kappa shape index (κ2) is 6.61. The zero-order chi connectivity index (χ0) is 18.0. The maximum Gasteiger partial charge on any atom is 0.134 e. The molecular weight excluding hydrogens is 316 g/mol. The van der Waals surface area contributed by atoms with E-state index in [1.165, 1.54) is 0 Å². The number of rotatable bonds is 4. The Balaban J connectivity index is 2.04. The minimum atomic E-state index is 0.137. The lowest BCUT2D eigenvalue weighted by molar-refractivity contribution is 0.476. The van der Waals surface area contributed by atoms with Gasteiger partial charge in [0.05, 0.1) is 41.9 Å². The third-order valence-corrected chi connectivity index (χ3v) is 4.17. The smallest absolute Gasteiger partial charge is 0.134 e. The van der Waals surface area contributed by atoms with Gasteiger partial charge in [-0.15, -0.1) is 0 Å². The van der Waals surface area contributed by atoms with Gasteiger partial charge in [-0.2, -0.15) is 5.26 Å². The number of nitriles is 1. The Kier molecular flexibility index (Phi) is 4.35. The first kappa shape index (κ1) is 16.5. The van der Waals surface area contributed by atoms with Crippen LogP contribution in [0.1, 0.15) is 18.2 Å². The predicted molar refractivity (Wildman–Crippen MR) is 96.4 cm³/mol. The van der Waals surface area contributed by atoms with Crippen LogP contribution in [0.25, 0.3) is 16.6 Å². The fourth-order valence-electron chi connectivity index (χ4n) is 2.70. The second-order valence-corrected chi connectivity index (χ2v) is 5.65. The van der Waals surface area contributed by atoms with Crippen LogP contribution in [0.4, 0.5) is 11.5 Å². The number of anilines is 2. The summed E-state index contributed by atoms with van der Waals surface area (Å²) >= 11 is 0. The molecule has 0 amide bonds. The highest BCUT2D eigenvalue weighted by molar-refractivity contribution is 5.80. The van der Waals surface area contributed by atoms with Gasteiger partial charge in [-0.25, -0.2) is 9.97 Å². The normalized spacial score (nSPS) is 11.5. The number of hydrogen-bond acceptors (Lipinski definition) is 6. The van der Waals surface area contributed by atoms with Crippen LogP contribution in [0.5, 0.6) is 0 Å². The summed E-state index contributed by atoms with van der Waals surface area (Å²) in [6, 6.07) is 5.73. The highest BCUT2D eigenvalue weighted by atomic mass is 16.2. The fraction of sp³-hybridized carbons (Fsp3) is 0.222. The lowest BCUT2D eigenvalue weighted by atomic mass is 10.1. The second-order valence-electron chi connectivity index (χ2n) is 5.65. The van der Waals surface area contributed by atoms with Gasteiger partial charge in [0.25, 0.3) is 0 Å². The fourth-order valence-corrected chi connectivity index (χ4v) is 2.70. The summed E-state index contributed by atoms with van der Waals surface area (Å²) in [5.74, 6) is 0.776. The molecule has 7 nitrogen and oxygen atoms in total. The summed E-state index contributed by atoms with van der Waals surface area (Å²) in [6.45, 7) is 2.03. The van der Waals surface area contributed by atoms with Crippen molar-refractivity contribution in [2.75, 3.05) is 11.9 Å². The topological polar surface area (TPSA) is 90.9 Å². The zero-order valence-electron chi connectivity index (χ0n) is 14.3. The van der Waals surface area contributed by atoms with E-state index in [-0.39, 0.29) is 5.57 Å². The highest BCUT2D eigenvalue weighted by Crippen LogP contribution is 2.28. The molecule has 0 atom stereocenters. The molecule has 0 saturated carbocycles. The van der Waals surface area contributed by atoms with Crippen LogP contribution >= 0.6 is 0 Å². The van der Waals surface area contributed by atoms with E-state index in [0.29, 0.717) is 5.69 Å². The molecule has 25 heavy (non-hydrogen) atoms. The van der Waals surface area contributed by atoms with Crippen molar-refractivity contribution in [3.05, 3.63) is 48.4 Å². The molecule has 0 aliphatic carbocycles. The first-order chi connectivity index (χ1) is 12.1. The molecule has 0 radical (unpaired) electrons. The molecule has 3 heterocycles. The van der Waals surface area contributed by atoms with Crippen molar-refractivity contribution in [3.63, 3.8) is 0 Å². The third-order valence-electron chi connectivity index (χ3n) is 4.17. The average molecular weight is 334 g/mol. The van der Waals surface area contributed by atoms with Crippen molar-refractivity contribution in [2.45, 2.75) is 13.3 Å². The van der Waals surface area contributed by atoms with Gasteiger partial charge in [-0.1, -0.05) is 6.92 Å². The molecule has 3 rings (SSSR count). The highest BCUT2D eigenvalue weighted by Gasteiger charge is 2.14. The first-order valence-electron chi connectivity index (χ1n) is 7.83. The molecule has 3 aromatic heterocycles. The third kappa shape index (κ3) is 2.90. The molecule has 0 fully saturated rings. The number of hydrogen-bond donors (Lipinski definition) is 1. The molecule has 0 unspecified atom stereocenters. The van der Waals surface area contributed by atoms with E-state index < -0.39 is 0 Å². The molecule has 1 N–H and O–H groups in total. The molecule has 0 saturated heterocycles. The monoisotopic (exact) mass is 334 g/mol. The van der Waals surface area contributed by atoms with Crippen LogP contribution < -0.4 is 4.90 Å². The summed E-state index contributed by atoms with van der Waals surface area (Å²) in [7, 11) is 3.87. The van der Waals surface area contributed by atoms with E-state index in [1.807, 2.05) is 48.7 Å². The molecule has 7 heteroatoms. The van der Waals surface area contributed by atoms with Crippen molar-refractivity contribution in [1.82, 2.24) is 19.5 Å². The number of aromatic nitrogens is 4. The Labute approximate surface area is 145 Å². The summed E-state index contributed by atoms with van der Waals surface area (Å²) < 4.78 is 1.95. The lowest BCUT2D eigenvalue weighted by Crippen LogP contribution is -2.14. The van der Waals surface area contributed by atoms with Crippen LogP contribution in [0.15, 0.2) is 37.1 Å². The van der Waals surface area contributed by atoms with Gasteiger partial charge in [0.1, 0.15) is 23.0 Å². The first-order valence-corrected chi connectivity index (χ1v) is 7.83. The number of allylic oxidation sites excluding steroid dienone is 1. The van der Waals surface area contributed by atoms with Crippen molar-refractivity contribution in [3.8, 4) is 6.07 Å². The molecule has 0 aliphatic rings. The SMILES string of the molecule is CCc1cc(C(C#N)=CO)ncc1N(C)c1cc2c(cn1)ncn2C. The summed E-state index contributed by atoms with van der Waals surface area (Å²) in [6.07, 6.45) is 6.74. The summed E-state index contributed by atoms with van der Waals surface area (Å²) in [4.78, 5) is 15.0. The number of fused-ring (bicyclic) bond motifs is 1. The van der Waals surface area contributed by atoms with Crippen molar-refractivity contribution in [1.29, 1.82) is 5.26 Å². The Morgan fingerprint density at radius 3 is 2.80 bits per heavy atom. The molecule has 3 aromatic rings. The van der Waals surface area contributed by atoms with E-state index in [4.69, 9.17) is 10.4 Å². The molecule has 0 spiro atoms. The van der Waals surface area contributed by atoms with Crippen LogP contribution in [-0.4, -0.2) is 31.7 Å². The van der Waals surface area contributed by atoms with Crippen molar-refractivity contribution >= 4 is 28.1 Å². The molecule has 0 aromatic carbocycles. The van der Waals surface area contributed by atoms with E-state index in [9.17, 15) is 0 Å². The van der Waals surface area contributed by atoms with Crippen LogP contribution in [0.3, 0.4) is 0 Å². The van der Waals surface area contributed by atoms with Gasteiger partial charge in [0, 0.05) is 20.2 Å². The Morgan fingerprint density at radius 2 is 2.12 bits per heavy atom. The van der Waals surface area contributed by atoms with E-state index >= 15 is 0 Å². The number of imidazole rings is 1. The largest absolute Gasteiger partial charge is 0.514 e. The minimum Gasteiger partial charge on any atom is -0.514 e. The number of nitrogens with zero attached hydrogens (tertiary/aromatic N) is 6. The Hall–Kier alpha value is -3.40. The Bertz CT molecular complexity index is 998. The van der Waals surface area contributed by atoms with Crippen LogP contribution in [0.2, 0.25) is 0 Å². The molecular formula is C18H18N6O. The molecule has 126 valence electrons. The van der Waals surface area contributed by atoms with Crippen LogP contribution in [-0.2, 0) is 13.5 Å². The zero-order valence-corrected chi connectivity index (χ0v) is 14.3. The van der Waals surface area contributed by atoms with Crippen molar-refractivity contribution in [2.24, 2.45) is 7.05 Å². The lowest BCUT2D eigenvalue weighted by Gasteiger charge is -2.21. The quantitative estimate of drug-likeness (QED) is 0.582. The number of aryl methyl sites for hydroxylation is 2. The van der Waals surface area contributed by atoms with E-state index in [0.717, 1.165) is 40.8 Å². The van der Waals surface area contributed by atoms with Gasteiger partial charge in [0.2, 0.25) is 0 Å². The number of aliphatic hydroxyl groups excluding tert-OH is 1. The standard InChI is InChI=1S/C18H18N6O/c1-4-12-5-14(13(7-19)10-25)20-9-17(12)24(3)18-6-16-15(8-21-18)22-11-23(16)2/h5-6,8-11,25H,4H2,1-3H3. The average Bonchev–Trinajstić information content (AvgIpc) is 3.02. The van der Waals surface area contributed by atoms with E-state index in [2.05, 4.69) is 15.0 Å². The van der Waals surface area contributed by atoms with Gasteiger partial charge in [-0.3, -0.25) is 4.98 Å². The summed E-state index contributed by atoms with van der Waals surface area (Å²) in [5.41, 5.74) is 4.34. The van der Waals surface area contributed by atoms with Crippen LogP contribution in [0, 0.1) is 11.3 Å². The number of pyridine rings is 2. The van der Waals surface area contributed by atoms with Gasteiger partial charge in [0.15, 0.2) is 0 Å². The molecule has 0 aliphatic heterocycles. The molecule has 0 bridgehead atoms. The maximum atomic E-state index is 9.15. The summed E-state index contributed by atoms with van der Waals surface area (Å²) in [5, 5.41) is 18.2. The minimum absolute atomic E-state index is 0.137. The predicted octanol–water partition coefficient (Wildman–Crippen LogP) is 3.12. The number of aliphatic hydroxyl groups is 1. The Morgan fingerprint density at radius 1 is 1.32 bits per heavy atom. The van der Waals surface area contributed by atoms with Gasteiger partial charge >= 0.3 is 0 Å². The van der Waals surface area contributed by atoms with Gasteiger partial charge < -0.3 is 14.6 Å². The van der Waals surface area contributed by atoms with Crippen molar-refractivity contribution < 1.29 is 5.11 Å². The maximum absolute atomic E-state index is 9.15.